The summed E-state index contributed by atoms with van der Waals surface area (Å²) in [6.07, 6.45) is 2.64. The Bertz CT molecular complexity index is 1820. The van der Waals surface area contributed by atoms with Gasteiger partial charge in [0.15, 0.2) is 22.0 Å². The Labute approximate surface area is 224 Å². The van der Waals surface area contributed by atoms with E-state index in [-0.39, 0.29) is 22.7 Å². The highest BCUT2D eigenvalue weighted by Gasteiger charge is 2.26. The van der Waals surface area contributed by atoms with Crippen LogP contribution in [0, 0.1) is 5.92 Å². The first-order chi connectivity index (χ1) is 19.0. The second kappa shape index (κ2) is 10.5. The number of likely N-dealkylation sites (tertiary alicyclic amines) is 1. The smallest absolute Gasteiger partial charge is 0.310 e. The van der Waals surface area contributed by atoms with Gasteiger partial charge >= 0.3 is 5.97 Å². The van der Waals surface area contributed by atoms with E-state index in [0.717, 1.165) is 37.9 Å². The van der Waals surface area contributed by atoms with Gasteiger partial charge in [0, 0.05) is 35.6 Å². The predicted octanol–water partition coefficient (Wildman–Crippen LogP) is 5.02. The summed E-state index contributed by atoms with van der Waals surface area (Å²) in [6, 6.07) is 16.3. The summed E-state index contributed by atoms with van der Waals surface area (Å²) in [5.41, 5.74) is 2.63. The van der Waals surface area contributed by atoms with Crippen LogP contribution in [0.25, 0.3) is 43.7 Å². The van der Waals surface area contributed by atoms with Gasteiger partial charge in [-0.1, -0.05) is 36.4 Å². The molecule has 0 amide bonds. The maximum absolute atomic E-state index is 13.7. The number of nitrogens with zero attached hydrogens (tertiary/aromatic N) is 1. The number of aromatic amines is 1. The summed E-state index contributed by atoms with van der Waals surface area (Å²) in [7, 11) is 0. The fourth-order valence-electron chi connectivity index (χ4n) is 5.76. The van der Waals surface area contributed by atoms with Crippen molar-refractivity contribution < 1.29 is 13.9 Å². The third-order valence-corrected chi connectivity index (χ3v) is 7.62. The van der Waals surface area contributed by atoms with E-state index in [1.807, 2.05) is 37.3 Å². The molecule has 8 nitrogen and oxygen atoms in total. The largest absolute Gasteiger partial charge is 0.466 e. The molecule has 2 heterocycles. The van der Waals surface area contributed by atoms with Crippen molar-refractivity contribution in [2.45, 2.75) is 26.2 Å². The SMILES string of the molecule is CCOC(=O)C1CCCN(CCCNc2cc3oc4ccccc4[nH]c3c3c(=O)c4ccccc4c(=O)c23)C1. The molecule has 1 aliphatic rings. The molecular formula is C31H31N3O5. The Balaban J connectivity index is 1.34. The summed E-state index contributed by atoms with van der Waals surface area (Å²) >= 11 is 0. The molecule has 2 N–H and O–H groups in total. The number of ether oxygens (including phenoxy) is 1. The first kappa shape index (κ1) is 25.1. The van der Waals surface area contributed by atoms with Crippen molar-refractivity contribution in [1.29, 1.82) is 0 Å². The van der Waals surface area contributed by atoms with Crippen LogP contribution in [-0.2, 0) is 9.53 Å². The number of hydrogen-bond acceptors (Lipinski definition) is 7. The molecule has 4 aromatic carbocycles. The van der Waals surface area contributed by atoms with Gasteiger partial charge in [-0.25, -0.2) is 0 Å². The first-order valence-corrected chi connectivity index (χ1v) is 13.6. The van der Waals surface area contributed by atoms with Crippen molar-refractivity contribution in [3.8, 4) is 0 Å². The van der Waals surface area contributed by atoms with Gasteiger partial charge in [-0.05, 0) is 51.4 Å². The van der Waals surface area contributed by atoms with E-state index >= 15 is 0 Å². The maximum Gasteiger partial charge on any atom is 0.310 e. The normalized spacial score (nSPS) is 16.3. The number of rotatable bonds is 7. The number of nitrogens with one attached hydrogen (secondary N) is 2. The molecule has 1 fully saturated rings. The van der Waals surface area contributed by atoms with E-state index in [2.05, 4.69) is 15.2 Å². The lowest BCUT2D eigenvalue weighted by Crippen LogP contribution is -2.40. The van der Waals surface area contributed by atoms with Crippen molar-refractivity contribution in [2.75, 3.05) is 38.1 Å². The van der Waals surface area contributed by atoms with E-state index in [1.165, 1.54) is 0 Å². The molecule has 200 valence electrons. The molecule has 5 aromatic rings. The maximum atomic E-state index is 13.7. The average molecular weight is 526 g/mol. The summed E-state index contributed by atoms with van der Waals surface area (Å²) in [5, 5.41) is 4.94. The van der Waals surface area contributed by atoms with Gasteiger partial charge in [-0.3, -0.25) is 14.4 Å². The zero-order chi connectivity index (χ0) is 26.9. The third-order valence-electron chi connectivity index (χ3n) is 7.62. The number of carbonyl (C=O) groups excluding carboxylic acids is 1. The number of anilines is 1. The Morgan fingerprint density at radius 3 is 2.59 bits per heavy atom. The first-order valence-electron chi connectivity index (χ1n) is 13.6. The number of esters is 1. The Morgan fingerprint density at radius 1 is 1.05 bits per heavy atom. The van der Waals surface area contributed by atoms with Crippen LogP contribution >= 0.6 is 0 Å². The van der Waals surface area contributed by atoms with Gasteiger partial charge in [0.25, 0.3) is 0 Å². The van der Waals surface area contributed by atoms with Gasteiger partial charge in [0.1, 0.15) is 0 Å². The number of aromatic nitrogens is 1. The fraction of sp³-hybridized carbons (Fsp3) is 0.323. The van der Waals surface area contributed by atoms with E-state index in [9.17, 15) is 14.4 Å². The van der Waals surface area contributed by atoms with Gasteiger partial charge in [0.2, 0.25) is 0 Å². The van der Waals surface area contributed by atoms with Crippen LogP contribution in [0.2, 0.25) is 0 Å². The van der Waals surface area contributed by atoms with Crippen molar-refractivity contribution in [1.82, 2.24) is 9.88 Å². The molecule has 1 unspecified atom stereocenters. The fourth-order valence-corrected chi connectivity index (χ4v) is 5.76. The molecule has 6 rings (SSSR count). The number of carbonyl (C=O) groups is 1. The lowest BCUT2D eigenvalue weighted by molar-refractivity contribution is -0.149. The number of para-hydroxylation sites is 2. The Kier molecular flexibility index (Phi) is 6.79. The highest BCUT2D eigenvalue weighted by atomic mass is 16.5. The monoisotopic (exact) mass is 525 g/mol. The second-order valence-corrected chi connectivity index (χ2v) is 10.1. The molecule has 8 heteroatoms. The quantitative estimate of drug-likeness (QED) is 0.133. The third kappa shape index (κ3) is 4.65. The van der Waals surface area contributed by atoms with Crippen molar-refractivity contribution >= 4 is 55.4 Å². The number of benzene rings is 4. The van der Waals surface area contributed by atoms with E-state index in [0.29, 0.717) is 63.6 Å². The second-order valence-electron chi connectivity index (χ2n) is 10.1. The van der Waals surface area contributed by atoms with Crippen LogP contribution < -0.4 is 16.2 Å². The summed E-state index contributed by atoms with van der Waals surface area (Å²) in [6.45, 7) is 5.31. The molecule has 0 aliphatic carbocycles. The minimum Gasteiger partial charge on any atom is -0.466 e. The lowest BCUT2D eigenvalue weighted by Gasteiger charge is -2.31. The molecular weight excluding hydrogens is 494 g/mol. The molecule has 0 spiro atoms. The minimum absolute atomic E-state index is 0.0736. The van der Waals surface area contributed by atoms with E-state index in [1.54, 1.807) is 24.3 Å². The summed E-state index contributed by atoms with van der Waals surface area (Å²) in [5.74, 6) is -0.185. The van der Waals surface area contributed by atoms with E-state index < -0.39 is 0 Å². The topological polar surface area (TPSA) is 105 Å². The van der Waals surface area contributed by atoms with Gasteiger partial charge in [-0.15, -0.1) is 0 Å². The molecule has 1 atom stereocenters. The number of H-pyrrole nitrogens is 1. The Hall–Kier alpha value is -4.17. The Morgan fingerprint density at radius 2 is 1.79 bits per heavy atom. The van der Waals surface area contributed by atoms with Gasteiger partial charge in [0.05, 0.1) is 34.3 Å². The molecule has 0 bridgehead atoms. The molecule has 1 saturated heterocycles. The van der Waals surface area contributed by atoms with Crippen LogP contribution in [-0.4, -0.2) is 48.6 Å². The van der Waals surface area contributed by atoms with E-state index in [4.69, 9.17) is 9.15 Å². The highest BCUT2D eigenvalue weighted by Crippen LogP contribution is 2.31. The van der Waals surface area contributed by atoms with Crippen molar-refractivity contribution in [2.24, 2.45) is 5.92 Å². The molecule has 0 radical (unpaired) electrons. The molecule has 0 saturated carbocycles. The molecule has 1 aliphatic heterocycles. The van der Waals surface area contributed by atoms with Crippen LogP contribution in [0.5, 0.6) is 0 Å². The summed E-state index contributed by atoms with van der Waals surface area (Å²) in [4.78, 5) is 45.3. The van der Waals surface area contributed by atoms with Crippen LogP contribution in [0.4, 0.5) is 5.69 Å². The minimum atomic E-state index is -0.200. The van der Waals surface area contributed by atoms with Gasteiger partial charge in [-0.2, -0.15) is 0 Å². The predicted molar refractivity (Wildman–Crippen MR) is 155 cm³/mol. The van der Waals surface area contributed by atoms with Crippen LogP contribution in [0.15, 0.2) is 68.6 Å². The molecule has 1 aromatic heterocycles. The van der Waals surface area contributed by atoms with Crippen LogP contribution in [0.3, 0.4) is 0 Å². The van der Waals surface area contributed by atoms with Crippen LogP contribution in [0.1, 0.15) is 26.2 Å². The zero-order valence-electron chi connectivity index (χ0n) is 21.9. The number of hydrogen-bond donors (Lipinski definition) is 2. The standard InChI is InChI=1S/C31H31N3O5/c1-2-38-31(37)19-9-7-15-34(18-19)16-8-14-32-23-17-25-28(33-22-12-5-6-13-24(22)39-25)27-26(23)29(35)20-10-3-4-11-21(20)30(27)36/h3-6,10-13,17,19,32-33H,2,7-9,14-16,18H2,1H3. The lowest BCUT2D eigenvalue weighted by atomic mass is 9.98. The number of fused-ring (bicyclic) bond motifs is 5. The highest BCUT2D eigenvalue weighted by molar-refractivity contribution is 6.14. The molecule has 39 heavy (non-hydrogen) atoms. The van der Waals surface area contributed by atoms with Gasteiger partial charge < -0.3 is 24.4 Å². The average Bonchev–Trinajstić information content (AvgIpc) is 2.96. The summed E-state index contributed by atoms with van der Waals surface area (Å²) < 4.78 is 11.4. The number of piperidine rings is 1. The van der Waals surface area contributed by atoms with Crippen molar-refractivity contribution in [3.05, 3.63) is 75.0 Å². The van der Waals surface area contributed by atoms with Crippen molar-refractivity contribution in [3.63, 3.8) is 0 Å². The zero-order valence-corrected chi connectivity index (χ0v) is 21.9.